The van der Waals surface area contributed by atoms with Crippen molar-refractivity contribution in [3.63, 3.8) is 0 Å². The van der Waals surface area contributed by atoms with Crippen LogP contribution in [0.1, 0.15) is 33.1 Å². The number of fused-ring (bicyclic) bond motifs is 1. The van der Waals surface area contributed by atoms with Gasteiger partial charge >= 0.3 is 12.6 Å². The first-order valence-corrected chi connectivity index (χ1v) is 8.17. The largest absolute Gasteiger partial charge is 0.480 e. The van der Waals surface area contributed by atoms with E-state index in [1.165, 1.54) is 17.0 Å². The maximum atomic E-state index is 13.0. The summed E-state index contributed by atoms with van der Waals surface area (Å²) in [5.74, 6) is -0.601. The van der Waals surface area contributed by atoms with Gasteiger partial charge in [0.1, 0.15) is 17.6 Å². The Morgan fingerprint density at radius 2 is 1.85 bits per heavy atom. The Hall–Kier alpha value is -3.04. The van der Waals surface area contributed by atoms with Crippen LogP contribution in [0, 0.1) is 20.8 Å². The van der Waals surface area contributed by atoms with Crippen molar-refractivity contribution in [1.82, 2.24) is 19.7 Å². The number of carbonyl (C=O) groups is 2. The van der Waals surface area contributed by atoms with E-state index in [4.69, 9.17) is 0 Å². The quantitative estimate of drug-likeness (QED) is 0.870. The highest BCUT2D eigenvalue weighted by molar-refractivity contribution is 5.97. The zero-order chi connectivity index (χ0) is 19.9. The third-order valence-electron chi connectivity index (χ3n) is 4.52. The maximum Gasteiger partial charge on any atom is 0.387 e. The molecule has 3 rings (SSSR count). The number of aryl methyl sites for hydroxylation is 3. The third kappa shape index (κ3) is 3.46. The van der Waals surface area contributed by atoms with Gasteiger partial charge in [0.05, 0.1) is 13.1 Å². The molecule has 1 unspecified atom stereocenters. The molecule has 27 heavy (non-hydrogen) atoms. The minimum absolute atomic E-state index is 0.00495. The van der Waals surface area contributed by atoms with Gasteiger partial charge in [0, 0.05) is 5.56 Å². The molecule has 0 radical (unpaired) electrons. The molecule has 1 aromatic heterocycles. The minimum Gasteiger partial charge on any atom is -0.480 e. The molecular weight excluding hydrogens is 362 g/mol. The number of benzene rings is 1. The van der Waals surface area contributed by atoms with Crippen molar-refractivity contribution in [3.05, 3.63) is 40.5 Å². The number of hydrogen-bond acceptors (Lipinski definition) is 5. The van der Waals surface area contributed by atoms with Crippen LogP contribution in [0.15, 0.2) is 12.1 Å². The Kier molecular flexibility index (Phi) is 4.81. The number of ether oxygens (including phenoxy) is 1. The number of rotatable bonds is 4. The molecule has 1 aromatic carbocycles. The molecular formula is C17H18F2N4O4. The van der Waals surface area contributed by atoms with Crippen molar-refractivity contribution in [2.45, 2.75) is 46.5 Å². The summed E-state index contributed by atoms with van der Waals surface area (Å²) >= 11 is 0. The predicted molar refractivity (Wildman–Crippen MR) is 88.6 cm³/mol. The molecule has 0 bridgehead atoms. The van der Waals surface area contributed by atoms with E-state index in [0.29, 0.717) is 22.8 Å². The number of carboxylic acids is 1. The second-order valence-electron chi connectivity index (χ2n) is 6.38. The minimum atomic E-state index is -2.97. The lowest BCUT2D eigenvalue weighted by Crippen LogP contribution is -2.50. The number of alkyl halides is 2. The van der Waals surface area contributed by atoms with E-state index in [1.807, 2.05) is 0 Å². The third-order valence-corrected chi connectivity index (χ3v) is 4.52. The zero-order valence-electron chi connectivity index (χ0n) is 14.9. The SMILES string of the molecule is Cc1cc(C(=O)N2Cc3nnc(C)n3CC2C(=O)O)cc(C)c1OC(F)F. The van der Waals surface area contributed by atoms with Crippen LogP contribution in [0.4, 0.5) is 8.78 Å². The van der Waals surface area contributed by atoms with E-state index in [9.17, 15) is 23.5 Å². The maximum absolute atomic E-state index is 13.0. The average Bonchev–Trinajstić information content (AvgIpc) is 2.96. The fourth-order valence-electron chi connectivity index (χ4n) is 3.25. The summed E-state index contributed by atoms with van der Waals surface area (Å²) in [6.07, 6.45) is 0. The molecule has 10 heteroatoms. The molecule has 1 amide bonds. The summed E-state index contributed by atoms with van der Waals surface area (Å²) < 4.78 is 31.2. The van der Waals surface area contributed by atoms with Gasteiger partial charge < -0.3 is 19.3 Å². The van der Waals surface area contributed by atoms with E-state index in [1.54, 1.807) is 25.3 Å². The standard InChI is InChI=1S/C17H18F2N4O4/c1-8-4-11(5-9(2)14(8)27-17(18)19)15(24)23-7-13-21-20-10(3)22(13)6-12(23)16(25)26/h4-5,12,17H,6-7H2,1-3H3,(H,25,26). The van der Waals surface area contributed by atoms with Gasteiger partial charge in [-0.3, -0.25) is 4.79 Å². The number of aromatic nitrogens is 3. The highest BCUT2D eigenvalue weighted by Gasteiger charge is 2.37. The van der Waals surface area contributed by atoms with Crippen LogP contribution in [0.5, 0.6) is 5.75 Å². The molecule has 0 saturated heterocycles. The number of amides is 1. The highest BCUT2D eigenvalue weighted by Crippen LogP contribution is 2.28. The Morgan fingerprint density at radius 3 is 2.41 bits per heavy atom. The molecule has 1 aliphatic heterocycles. The monoisotopic (exact) mass is 380 g/mol. The van der Waals surface area contributed by atoms with Gasteiger partial charge in [-0.1, -0.05) is 0 Å². The van der Waals surface area contributed by atoms with Crippen molar-refractivity contribution in [2.24, 2.45) is 0 Å². The summed E-state index contributed by atoms with van der Waals surface area (Å²) in [5.41, 5.74) is 0.922. The van der Waals surface area contributed by atoms with Gasteiger partial charge in [-0.15, -0.1) is 10.2 Å². The molecule has 144 valence electrons. The Labute approximate surface area is 153 Å². The highest BCUT2D eigenvalue weighted by atomic mass is 19.3. The van der Waals surface area contributed by atoms with Crippen LogP contribution in [-0.2, 0) is 17.9 Å². The number of halogens is 2. The molecule has 8 nitrogen and oxygen atoms in total. The Balaban J connectivity index is 1.95. The molecule has 1 N–H and O–H groups in total. The lowest BCUT2D eigenvalue weighted by molar-refractivity contribution is -0.143. The molecule has 0 aliphatic carbocycles. The second kappa shape index (κ2) is 6.93. The smallest absolute Gasteiger partial charge is 0.387 e. The van der Waals surface area contributed by atoms with Crippen molar-refractivity contribution in [2.75, 3.05) is 0 Å². The predicted octanol–water partition coefficient (Wildman–Crippen LogP) is 1.91. The van der Waals surface area contributed by atoms with E-state index in [2.05, 4.69) is 14.9 Å². The molecule has 2 heterocycles. The van der Waals surface area contributed by atoms with Crippen LogP contribution in [-0.4, -0.2) is 49.3 Å². The molecule has 0 saturated carbocycles. The van der Waals surface area contributed by atoms with Gasteiger partial charge in [-0.2, -0.15) is 8.78 Å². The molecule has 0 spiro atoms. The lowest BCUT2D eigenvalue weighted by Gasteiger charge is -2.33. The first kappa shape index (κ1) is 18.7. The van der Waals surface area contributed by atoms with E-state index in [-0.39, 0.29) is 24.4 Å². The van der Waals surface area contributed by atoms with Crippen LogP contribution >= 0.6 is 0 Å². The van der Waals surface area contributed by atoms with Crippen LogP contribution < -0.4 is 4.74 Å². The van der Waals surface area contributed by atoms with Crippen molar-refractivity contribution in [1.29, 1.82) is 0 Å². The van der Waals surface area contributed by atoms with Crippen molar-refractivity contribution >= 4 is 11.9 Å². The van der Waals surface area contributed by atoms with Crippen LogP contribution in [0.25, 0.3) is 0 Å². The van der Waals surface area contributed by atoms with E-state index in [0.717, 1.165) is 0 Å². The summed E-state index contributed by atoms with van der Waals surface area (Å²) in [5, 5.41) is 17.5. The summed E-state index contributed by atoms with van der Waals surface area (Å²) in [4.78, 5) is 25.9. The van der Waals surface area contributed by atoms with Crippen LogP contribution in [0.2, 0.25) is 0 Å². The fourth-order valence-corrected chi connectivity index (χ4v) is 3.25. The number of nitrogens with zero attached hydrogens (tertiary/aromatic N) is 4. The molecule has 0 fully saturated rings. The van der Waals surface area contributed by atoms with Gasteiger partial charge in [0.25, 0.3) is 5.91 Å². The van der Waals surface area contributed by atoms with Crippen molar-refractivity contribution < 1.29 is 28.2 Å². The first-order valence-electron chi connectivity index (χ1n) is 8.17. The first-order chi connectivity index (χ1) is 12.7. The zero-order valence-corrected chi connectivity index (χ0v) is 14.9. The van der Waals surface area contributed by atoms with Gasteiger partial charge in [0.15, 0.2) is 5.82 Å². The van der Waals surface area contributed by atoms with Gasteiger partial charge in [-0.05, 0) is 44.0 Å². The number of carbonyl (C=O) groups excluding carboxylic acids is 1. The summed E-state index contributed by atoms with van der Waals surface area (Å²) in [6, 6.07) is 1.74. The van der Waals surface area contributed by atoms with Crippen molar-refractivity contribution in [3.8, 4) is 5.75 Å². The second-order valence-corrected chi connectivity index (χ2v) is 6.38. The number of aliphatic carboxylic acids is 1. The average molecular weight is 380 g/mol. The fraction of sp³-hybridized carbons (Fsp3) is 0.412. The topological polar surface area (TPSA) is 97.6 Å². The van der Waals surface area contributed by atoms with Gasteiger partial charge in [-0.25, -0.2) is 4.79 Å². The summed E-state index contributed by atoms with van der Waals surface area (Å²) in [6.45, 7) is 1.86. The van der Waals surface area contributed by atoms with E-state index >= 15 is 0 Å². The molecule has 1 atom stereocenters. The normalized spacial score (nSPS) is 16.4. The summed E-state index contributed by atoms with van der Waals surface area (Å²) in [7, 11) is 0. The lowest BCUT2D eigenvalue weighted by atomic mass is 10.0. The Morgan fingerprint density at radius 1 is 1.22 bits per heavy atom. The van der Waals surface area contributed by atoms with Crippen LogP contribution in [0.3, 0.4) is 0 Å². The van der Waals surface area contributed by atoms with E-state index < -0.39 is 24.5 Å². The number of hydrogen-bond donors (Lipinski definition) is 1. The van der Waals surface area contributed by atoms with Gasteiger partial charge in [0.2, 0.25) is 0 Å². The molecule has 2 aromatic rings. The Bertz CT molecular complexity index is 889. The number of carboxylic acid groups (broad SMARTS) is 1. The molecule has 1 aliphatic rings.